The molecule has 0 saturated carbocycles. The predicted octanol–water partition coefficient (Wildman–Crippen LogP) is 14.3. The van der Waals surface area contributed by atoms with E-state index in [1.54, 1.807) is 0 Å². The van der Waals surface area contributed by atoms with Gasteiger partial charge < -0.3 is 4.90 Å². The Kier molecular flexibility index (Phi) is 6.78. The Morgan fingerprint density at radius 1 is 0.431 bits per heavy atom. The van der Waals surface area contributed by atoms with Crippen molar-refractivity contribution in [3.8, 4) is 33.4 Å². The highest BCUT2D eigenvalue weighted by Gasteiger charge is 2.38. The lowest BCUT2D eigenvalue weighted by Crippen LogP contribution is -2.16. The monoisotopic (exact) mass is 669 g/mol. The maximum atomic E-state index is 2.51. The van der Waals surface area contributed by atoms with Crippen LogP contribution in [-0.2, 0) is 5.41 Å². The van der Waals surface area contributed by atoms with Gasteiger partial charge in [0.25, 0.3) is 0 Å². The molecule has 0 unspecified atom stereocenters. The van der Waals surface area contributed by atoms with E-state index in [-0.39, 0.29) is 5.41 Å². The minimum absolute atomic E-state index is 0.103. The summed E-state index contributed by atoms with van der Waals surface area (Å²) in [5, 5.41) is 5.15. The molecule has 0 spiro atoms. The Balaban J connectivity index is 1.22. The third-order valence-electron chi connectivity index (χ3n) is 10.9. The fourth-order valence-corrected chi connectivity index (χ4v) is 9.68. The molecule has 1 heterocycles. The SMILES string of the molecule is CC1(C)c2ccccc2-c2c(N(c3ccc(-c4cccc5ccccc45)cc3)c3ccccc3-c3cccc4c3sc3ccccc34)cccc21. The van der Waals surface area contributed by atoms with Crippen molar-refractivity contribution in [3.05, 3.63) is 187 Å². The average Bonchev–Trinajstić information content (AvgIpc) is 3.68. The molecule has 242 valence electrons. The molecule has 0 saturated heterocycles. The van der Waals surface area contributed by atoms with Gasteiger partial charge in [0.05, 0.1) is 11.4 Å². The van der Waals surface area contributed by atoms with Crippen molar-refractivity contribution in [2.75, 3.05) is 4.90 Å². The first-order chi connectivity index (χ1) is 25.1. The number of para-hydroxylation sites is 1. The molecule has 0 bridgehead atoms. The fourth-order valence-electron chi connectivity index (χ4n) is 8.45. The molecule has 0 atom stereocenters. The highest BCUT2D eigenvalue weighted by Crippen LogP contribution is 2.55. The Hall–Kier alpha value is -5.96. The van der Waals surface area contributed by atoms with E-state index in [1.165, 1.54) is 81.1 Å². The van der Waals surface area contributed by atoms with Gasteiger partial charge in [0.15, 0.2) is 0 Å². The number of fused-ring (bicyclic) bond motifs is 7. The van der Waals surface area contributed by atoms with Gasteiger partial charge in [0, 0.05) is 48.0 Å². The fraction of sp³-hybridized carbons (Fsp3) is 0.0612. The number of nitrogens with zero attached hydrogens (tertiary/aromatic N) is 1. The van der Waals surface area contributed by atoms with Crippen LogP contribution in [0.3, 0.4) is 0 Å². The van der Waals surface area contributed by atoms with Crippen molar-refractivity contribution in [2.45, 2.75) is 19.3 Å². The largest absolute Gasteiger partial charge is 0.309 e. The highest BCUT2D eigenvalue weighted by atomic mass is 32.1. The Bertz CT molecular complexity index is 2780. The lowest BCUT2D eigenvalue weighted by molar-refractivity contribution is 0.660. The summed E-state index contributed by atoms with van der Waals surface area (Å²) in [5.74, 6) is 0. The van der Waals surface area contributed by atoms with Gasteiger partial charge >= 0.3 is 0 Å². The minimum atomic E-state index is -0.103. The first kappa shape index (κ1) is 29.9. The van der Waals surface area contributed by atoms with Gasteiger partial charge in [0.2, 0.25) is 0 Å². The number of thiophene rings is 1. The molecule has 10 rings (SSSR count). The van der Waals surface area contributed by atoms with E-state index in [0.717, 1.165) is 11.4 Å². The third-order valence-corrected chi connectivity index (χ3v) is 12.1. The zero-order chi connectivity index (χ0) is 34.1. The number of hydrogen-bond donors (Lipinski definition) is 0. The molecule has 0 amide bonds. The van der Waals surface area contributed by atoms with E-state index < -0.39 is 0 Å². The molecular weight excluding hydrogens is 635 g/mol. The normalized spacial score (nSPS) is 13.1. The molecule has 51 heavy (non-hydrogen) atoms. The molecule has 0 N–H and O–H groups in total. The van der Waals surface area contributed by atoms with Crippen molar-refractivity contribution < 1.29 is 0 Å². The van der Waals surface area contributed by atoms with Crippen LogP contribution in [-0.4, -0.2) is 0 Å². The Labute approximate surface area is 302 Å². The molecular formula is C49H35NS. The second kappa shape index (κ2) is 11.6. The van der Waals surface area contributed by atoms with Gasteiger partial charge in [-0.2, -0.15) is 0 Å². The summed E-state index contributed by atoms with van der Waals surface area (Å²) in [6.45, 7) is 4.72. The van der Waals surface area contributed by atoms with E-state index in [4.69, 9.17) is 0 Å². The first-order valence-corrected chi connectivity index (χ1v) is 18.5. The summed E-state index contributed by atoms with van der Waals surface area (Å²) in [7, 11) is 0. The van der Waals surface area contributed by atoms with Crippen LogP contribution in [0.4, 0.5) is 17.1 Å². The van der Waals surface area contributed by atoms with Gasteiger partial charge in [-0.1, -0.05) is 159 Å². The standard InChI is InChI=1S/C49H35NS/c1-49(2)42-23-8-5-19-41(42)47-43(49)24-13-26-45(47)50(34-30-28-33(29-31-34)36-20-11-15-32-14-3-4-16-35(32)36)44-25-9-6-17-37(44)39-21-12-22-40-38-18-7-10-27-46(38)51-48(39)40/h3-31H,1-2H3. The van der Waals surface area contributed by atoms with Crippen LogP contribution in [0.2, 0.25) is 0 Å². The highest BCUT2D eigenvalue weighted by molar-refractivity contribution is 7.26. The Morgan fingerprint density at radius 3 is 1.90 bits per heavy atom. The van der Waals surface area contributed by atoms with Crippen LogP contribution >= 0.6 is 11.3 Å². The van der Waals surface area contributed by atoms with Crippen LogP contribution in [0.5, 0.6) is 0 Å². The van der Waals surface area contributed by atoms with Gasteiger partial charge in [-0.05, 0) is 68.9 Å². The summed E-state index contributed by atoms with van der Waals surface area (Å²) in [4.78, 5) is 2.51. The number of anilines is 3. The smallest absolute Gasteiger partial charge is 0.0543 e. The topological polar surface area (TPSA) is 3.24 Å². The first-order valence-electron chi connectivity index (χ1n) is 17.7. The van der Waals surface area contributed by atoms with Crippen LogP contribution in [0.1, 0.15) is 25.0 Å². The molecule has 8 aromatic carbocycles. The Morgan fingerprint density at radius 2 is 1.02 bits per heavy atom. The second-order valence-corrected chi connectivity index (χ2v) is 15.1. The summed E-state index contributed by atoms with van der Waals surface area (Å²) < 4.78 is 2.64. The summed E-state index contributed by atoms with van der Waals surface area (Å²) in [6, 6.07) is 64.8. The molecule has 0 radical (unpaired) electrons. The summed E-state index contributed by atoms with van der Waals surface area (Å²) >= 11 is 1.89. The van der Waals surface area contributed by atoms with Gasteiger partial charge in [-0.15, -0.1) is 11.3 Å². The third kappa shape index (κ3) is 4.60. The number of hydrogen-bond acceptors (Lipinski definition) is 2. The maximum Gasteiger partial charge on any atom is 0.0543 e. The minimum Gasteiger partial charge on any atom is -0.309 e. The van der Waals surface area contributed by atoms with Crippen LogP contribution in [0.25, 0.3) is 64.3 Å². The molecule has 0 fully saturated rings. The predicted molar refractivity (Wildman–Crippen MR) is 220 cm³/mol. The van der Waals surface area contributed by atoms with E-state index >= 15 is 0 Å². The van der Waals surface area contributed by atoms with Crippen molar-refractivity contribution in [1.82, 2.24) is 0 Å². The molecule has 1 nitrogen and oxygen atoms in total. The van der Waals surface area contributed by atoms with Crippen molar-refractivity contribution in [1.29, 1.82) is 0 Å². The quantitative estimate of drug-likeness (QED) is 0.176. The zero-order valence-electron chi connectivity index (χ0n) is 28.6. The summed E-state index contributed by atoms with van der Waals surface area (Å²) in [6.07, 6.45) is 0. The van der Waals surface area contributed by atoms with Crippen molar-refractivity contribution >= 4 is 59.3 Å². The summed E-state index contributed by atoms with van der Waals surface area (Å²) in [5.41, 5.74) is 13.7. The second-order valence-electron chi connectivity index (χ2n) is 14.1. The van der Waals surface area contributed by atoms with Crippen molar-refractivity contribution in [3.63, 3.8) is 0 Å². The van der Waals surface area contributed by atoms with Crippen LogP contribution < -0.4 is 4.90 Å². The molecule has 1 aromatic heterocycles. The number of rotatable bonds is 5. The van der Waals surface area contributed by atoms with E-state index in [1.807, 2.05) is 11.3 Å². The lowest BCUT2D eigenvalue weighted by atomic mass is 9.82. The molecule has 1 aliphatic rings. The lowest BCUT2D eigenvalue weighted by Gasteiger charge is -2.30. The number of benzene rings is 8. The van der Waals surface area contributed by atoms with E-state index in [2.05, 4.69) is 195 Å². The average molecular weight is 670 g/mol. The van der Waals surface area contributed by atoms with Crippen LogP contribution in [0.15, 0.2) is 176 Å². The zero-order valence-corrected chi connectivity index (χ0v) is 29.4. The van der Waals surface area contributed by atoms with Gasteiger partial charge in [0.1, 0.15) is 0 Å². The maximum absolute atomic E-state index is 2.51. The molecule has 1 aliphatic carbocycles. The van der Waals surface area contributed by atoms with Crippen LogP contribution in [0, 0.1) is 0 Å². The van der Waals surface area contributed by atoms with Gasteiger partial charge in [-0.25, -0.2) is 0 Å². The van der Waals surface area contributed by atoms with E-state index in [0.29, 0.717) is 0 Å². The molecule has 2 heteroatoms. The van der Waals surface area contributed by atoms with E-state index in [9.17, 15) is 0 Å². The van der Waals surface area contributed by atoms with Gasteiger partial charge in [-0.3, -0.25) is 0 Å². The molecule has 9 aromatic rings. The molecule has 0 aliphatic heterocycles. The van der Waals surface area contributed by atoms with Crippen molar-refractivity contribution in [2.24, 2.45) is 0 Å².